The van der Waals surface area contributed by atoms with E-state index in [4.69, 9.17) is 5.73 Å². The molecule has 0 bridgehead atoms. The Morgan fingerprint density at radius 1 is 1.22 bits per heavy atom. The molecular weight excluding hydrogens is 288 g/mol. The summed E-state index contributed by atoms with van der Waals surface area (Å²) >= 11 is 0. The maximum atomic E-state index is 11.1. The molecule has 23 heavy (non-hydrogen) atoms. The third-order valence-electron chi connectivity index (χ3n) is 4.58. The highest BCUT2D eigenvalue weighted by Gasteiger charge is 2.23. The zero-order valence-corrected chi connectivity index (χ0v) is 15.1. The largest absolute Gasteiger partial charge is 0.370 e. The van der Waals surface area contributed by atoms with Gasteiger partial charge in [-0.05, 0) is 25.2 Å². The zero-order chi connectivity index (χ0) is 16.9. The molecule has 5 nitrogen and oxygen atoms in total. The lowest BCUT2D eigenvalue weighted by molar-refractivity contribution is -0.119. The average Bonchev–Trinajstić information content (AvgIpc) is 2.53. The molecular formula is C18H36N4O. The van der Waals surface area contributed by atoms with Crippen molar-refractivity contribution in [1.82, 2.24) is 10.2 Å². The van der Waals surface area contributed by atoms with E-state index in [0.29, 0.717) is 12.3 Å². The highest BCUT2D eigenvalue weighted by atomic mass is 16.1. The summed E-state index contributed by atoms with van der Waals surface area (Å²) < 4.78 is 0. The van der Waals surface area contributed by atoms with Crippen molar-refractivity contribution < 1.29 is 4.79 Å². The molecule has 1 unspecified atom stereocenters. The SMILES string of the molecule is CCCCCCCCCNC(=NC)N1CCCC(CC(N)=O)C1. The van der Waals surface area contributed by atoms with Crippen molar-refractivity contribution in [3.8, 4) is 0 Å². The van der Waals surface area contributed by atoms with E-state index in [1.54, 1.807) is 0 Å². The number of piperidine rings is 1. The molecule has 1 aliphatic rings. The van der Waals surface area contributed by atoms with Gasteiger partial charge in [0.2, 0.25) is 5.91 Å². The molecule has 3 N–H and O–H groups in total. The predicted molar refractivity (Wildman–Crippen MR) is 97.5 cm³/mol. The Labute approximate surface area is 142 Å². The van der Waals surface area contributed by atoms with Crippen LogP contribution in [0.5, 0.6) is 0 Å². The standard InChI is InChI=1S/C18H36N4O/c1-3-4-5-6-7-8-9-12-21-18(20-2)22-13-10-11-16(15-22)14-17(19)23/h16H,3-15H2,1-2H3,(H2,19,23)(H,20,21). The highest BCUT2D eigenvalue weighted by Crippen LogP contribution is 2.19. The van der Waals surface area contributed by atoms with Crippen LogP contribution in [0.1, 0.15) is 71.1 Å². The first-order valence-electron chi connectivity index (χ1n) is 9.41. The second-order valence-electron chi connectivity index (χ2n) is 6.72. The van der Waals surface area contributed by atoms with Crippen LogP contribution >= 0.6 is 0 Å². The van der Waals surface area contributed by atoms with Crippen LogP contribution in [0.3, 0.4) is 0 Å². The molecule has 1 fully saturated rings. The van der Waals surface area contributed by atoms with Crippen LogP contribution in [0, 0.1) is 5.92 Å². The lowest BCUT2D eigenvalue weighted by Crippen LogP contribution is -2.47. The third kappa shape index (κ3) is 8.82. The minimum atomic E-state index is -0.192. The van der Waals surface area contributed by atoms with E-state index in [9.17, 15) is 4.79 Å². The number of nitrogens with zero attached hydrogens (tertiary/aromatic N) is 2. The number of primary amides is 1. The maximum absolute atomic E-state index is 11.1. The summed E-state index contributed by atoms with van der Waals surface area (Å²) in [6, 6.07) is 0. The van der Waals surface area contributed by atoms with E-state index in [1.165, 1.54) is 44.9 Å². The molecule has 1 heterocycles. The van der Waals surface area contributed by atoms with Crippen molar-refractivity contribution in [2.45, 2.75) is 71.1 Å². The van der Waals surface area contributed by atoms with Crippen LogP contribution in [0.15, 0.2) is 4.99 Å². The van der Waals surface area contributed by atoms with Crippen LogP contribution in [0.2, 0.25) is 0 Å². The van der Waals surface area contributed by atoms with Gasteiger partial charge in [-0.1, -0.05) is 45.4 Å². The van der Waals surface area contributed by atoms with Crippen LogP contribution < -0.4 is 11.1 Å². The van der Waals surface area contributed by atoms with Crippen LogP contribution in [0.25, 0.3) is 0 Å². The Kier molecular flexibility index (Phi) is 10.5. The molecule has 1 amide bonds. The summed E-state index contributed by atoms with van der Waals surface area (Å²) in [6.07, 6.45) is 11.9. The molecule has 0 aromatic heterocycles. The lowest BCUT2D eigenvalue weighted by atomic mass is 9.95. The number of amides is 1. The van der Waals surface area contributed by atoms with Gasteiger partial charge in [0, 0.05) is 33.1 Å². The number of nitrogens with one attached hydrogen (secondary N) is 1. The molecule has 134 valence electrons. The molecule has 0 saturated carbocycles. The number of aliphatic imine (C=N–C) groups is 1. The van der Waals surface area contributed by atoms with E-state index >= 15 is 0 Å². The Balaban J connectivity index is 2.19. The third-order valence-corrected chi connectivity index (χ3v) is 4.58. The number of carbonyl (C=O) groups is 1. The van der Waals surface area contributed by atoms with E-state index in [-0.39, 0.29) is 5.91 Å². The predicted octanol–water partition coefficient (Wildman–Crippen LogP) is 2.90. The second-order valence-corrected chi connectivity index (χ2v) is 6.72. The summed E-state index contributed by atoms with van der Waals surface area (Å²) in [5, 5.41) is 3.47. The zero-order valence-electron chi connectivity index (χ0n) is 15.1. The Morgan fingerprint density at radius 3 is 2.57 bits per heavy atom. The Bertz CT molecular complexity index is 357. The minimum Gasteiger partial charge on any atom is -0.370 e. The minimum absolute atomic E-state index is 0.192. The maximum Gasteiger partial charge on any atom is 0.217 e. The van der Waals surface area contributed by atoms with Crippen molar-refractivity contribution in [2.24, 2.45) is 16.6 Å². The second kappa shape index (κ2) is 12.2. The average molecular weight is 325 g/mol. The number of hydrogen-bond acceptors (Lipinski definition) is 2. The van der Waals surface area contributed by atoms with Gasteiger partial charge in [0.15, 0.2) is 5.96 Å². The van der Waals surface area contributed by atoms with Crippen LogP contribution in [-0.2, 0) is 4.79 Å². The van der Waals surface area contributed by atoms with E-state index in [0.717, 1.165) is 38.4 Å². The smallest absolute Gasteiger partial charge is 0.217 e. The molecule has 1 aliphatic heterocycles. The number of carbonyl (C=O) groups excluding carboxylic acids is 1. The highest BCUT2D eigenvalue weighted by molar-refractivity contribution is 5.80. The van der Waals surface area contributed by atoms with Gasteiger partial charge < -0.3 is 16.0 Å². The van der Waals surface area contributed by atoms with Gasteiger partial charge in [-0.2, -0.15) is 0 Å². The summed E-state index contributed by atoms with van der Waals surface area (Å²) in [5.41, 5.74) is 5.33. The fraction of sp³-hybridized carbons (Fsp3) is 0.889. The van der Waals surface area contributed by atoms with Gasteiger partial charge in [-0.25, -0.2) is 0 Å². The Hall–Kier alpha value is -1.26. The van der Waals surface area contributed by atoms with Crippen LogP contribution in [0.4, 0.5) is 0 Å². The van der Waals surface area contributed by atoms with E-state index in [1.807, 2.05) is 7.05 Å². The van der Waals surface area contributed by atoms with Crippen molar-refractivity contribution in [1.29, 1.82) is 0 Å². The number of guanidine groups is 1. The molecule has 0 spiro atoms. The van der Waals surface area contributed by atoms with Gasteiger partial charge in [0.25, 0.3) is 0 Å². The van der Waals surface area contributed by atoms with Gasteiger partial charge >= 0.3 is 0 Å². The molecule has 0 aromatic rings. The first-order valence-corrected chi connectivity index (χ1v) is 9.41. The topological polar surface area (TPSA) is 70.7 Å². The van der Waals surface area contributed by atoms with Gasteiger partial charge in [0.05, 0.1) is 0 Å². The van der Waals surface area contributed by atoms with Gasteiger partial charge in [0.1, 0.15) is 0 Å². The number of rotatable bonds is 10. The molecule has 0 radical (unpaired) electrons. The number of hydrogen-bond donors (Lipinski definition) is 2. The van der Waals surface area contributed by atoms with Crippen molar-refractivity contribution in [3.63, 3.8) is 0 Å². The first kappa shape index (κ1) is 19.8. The van der Waals surface area contributed by atoms with Gasteiger partial charge in [-0.15, -0.1) is 0 Å². The molecule has 0 aliphatic carbocycles. The monoisotopic (exact) mass is 324 g/mol. The molecule has 1 atom stereocenters. The fourth-order valence-corrected chi connectivity index (χ4v) is 3.32. The number of unbranched alkanes of at least 4 members (excludes halogenated alkanes) is 6. The van der Waals surface area contributed by atoms with Crippen LogP contribution in [-0.4, -0.2) is 43.4 Å². The van der Waals surface area contributed by atoms with E-state index < -0.39 is 0 Å². The lowest BCUT2D eigenvalue weighted by Gasteiger charge is -2.34. The number of likely N-dealkylation sites (tertiary alicyclic amines) is 1. The summed E-state index contributed by atoms with van der Waals surface area (Å²) in [6.45, 7) is 5.15. The molecule has 0 aromatic carbocycles. The van der Waals surface area contributed by atoms with Crippen molar-refractivity contribution in [2.75, 3.05) is 26.7 Å². The quantitative estimate of drug-likeness (QED) is 0.369. The van der Waals surface area contributed by atoms with Crippen molar-refractivity contribution >= 4 is 11.9 Å². The Morgan fingerprint density at radius 2 is 1.91 bits per heavy atom. The first-order chi connectivity index (χ1) is 11.2. The van der Waals surface area contributed by atoms with Crippen molar-refractivity contribution in [3.05, 3.63) is 0 Å². The fourth-order valence-electron chi connectivity index (χ4n) is 3.32. The molecule has 1 rings (SSSR count). The van der Waals surface area contributed by atoms with E-state index in [2.05, 4.69) is 22.1 Å². The summed E-state index contributed by atoms with van der Waals surface area (Å²) in [5.74, 6) is 1.16. The molecule has 1 saturated heterocycles. The number of nitrogens with two attached hydrogens (primary N) is 1. The molecule has 5 heteroatoms. The van der Waals surface area contributed by atoms with Gasteiger partial charge in [-0.3, -0.25) is 9.79 Å². The normalized spacial score (nSPS) is 19.0. The summed E-state index contributed by atoms with van der Waals surface area (Å²) in [7, 11) is 1.84. The summed E-state index contributed by atoms with van der Waals surface area (Å²) in [4.78, 5) is 17.8.